The van der Waals surface area contributed by atoms with Crippen molar-refractivity contribution in [3.05, 3.63) is 78.9 Å². The molecular weight excluding hydrogens is 318 g/mol. The molecule has 2 heteroatoms. The molecule has 0 saturated heterocycles. The van der Waals surface area contributed by atoms with Gasteiger partial charge in [0.15, 0.2) is 0 Å². The van der Waals surface area contributed by atoms with Crippen molar-refractivity contribution in [2.24, 2.45) is 0 Å². The van der Waals surface area contributed by atoms with E-state index in [1.807, 2.05) is 6.07 Å². The SMILES string of the molecule is C=C(C)C(=O)Nc1ccc2cccc3c4cccc5cccc(c1c23)c54. The summed E-state index contributed by atoms with van der Waals surface area (Å²) < 4.78 is 0. The average Bonchev–Trinajstić information content (AvgIpc) is 2.66. The highest BCUT2D eigenvalue weighted by Crippen LogP contribution is 2.42. The van der Waals surface area contributed by atoms with Gasteiger partial charge in [-0.3, -0.25) is 4.79 Å². The van der Waals surface area contributed by atoms with Crippen LogP contribution in [0.15, 0.2) is 78.9 Å². The van der Waals surface area contributed by atoms with Gasteiger partial charge in [0.1, 0.15) is 0 Å². The van der Waals surface area contributed by atoms with Crippen LogP contribution >= 0.6 is 0 Å². The monoisotopic (exact) mass is 335 g/mol. The van der Waals surface area contributed by atoms with Gasteiger partial charge in [-0.15, -0.1) is 0 Å². The second kappa shape index (κ2) is 5.30. The van der Waals surface area contributed by atoms with Crippen LogP contribution in [0.4, 0.5) is 5.69 Å². The summed E-state index contributed by atoms with van der Waals surface area (Å²) in [6.07, 6.45) is 0. The second-order valence-corrected chi connectivity index (χ2v) is 6.84. The van der Waals surface area contributed by atoms with Crippen LogP contribution in [0, 0.1) is 0 Å². The largest absolute Gasteiger partial charge is 0.322 e. The maximum absolute atomic E-state index is 12.3. The molecule has 26 heavy (non-hydrogen) atoms. The molecule has 0 aliphatic heterocycles. The molecule has 124 valence electrons. The molecule has 5 rings (SSSR count). The van der Waals surface area contributed by atoms with Crippen LogP contribution < -0.4 is 5.32 Å². The molecule has 0 fully saturated rings. The van der Waals surface area contributed by atoms with Crippen molar-refractivity contribution in [3.63, 3.8) is 0 Å². The van der Waals surface area contributed by atoms with E-state index in [0.29, 0.717) is 5.57 Å². The van der Waals surface area contributed by atoms with E-state index >= 15 is 0 Å². The Hall–Kier alpha value is -3.39. The molecule has 0 radical (unpaired) electrons. The lowest BCUT2D eigenvalue weighted by molar-refractivity contribution is -0.112. The van der Waals surface area contributed by atoms with E-state index in [-0.39, 0.29) is 5.91 Å². The molecule has 0 aromatic heterocycles. The van der Waals surface area contributed by atoms with Crippen LogP contribution in [-0.2, 0) is 4.79 Å². The van der Waals surface area contributed by atoms with E-state index in [1.165, 1.54) is 37.7 Å². The predicted molar refractivity (Wildman–Crippen MR) is 111 cm³/mol. The average molecular weight is 335 g/mol. The van der Waals surface area contributed by atoms with Gasteiger partial charge in [0, 0.05) is 16.6 Å². The topological polar surface area (TPSA) is 29.1 Å². The minimum Gasteiger partial charge on any atom is -0.322 e. The fourth-order valence-electron chi connectivity index (χ4n) is 3.99. The maximum Gasteiger partial charge on any atom is 0.250 e. The van der Waals surface area contributed by atoms with Crippen LogP contribution in [0.25, 0.3) is 43.1 Å². The summed E-state index contributed by atoms with van der Waals surface area (Å²) in [4.78, 5) is 12.3. The van der Waals surface area contributed by atoms with Crippen molar-refractivity contribution in [2.75, 3.05) is 5.32 Å². The Labute approximate surface area is 151 Å². The predicted octanol–water partition coefficient (Wildman–Crippen LogP) is 6.25. The lowest BCUT2D eigenvalue weighted by Gasteiger charge is -2.17. The zero-order valence-electron chi connectivity index (χ0n) is 14.5. The van der Waals surface area contributed by atoms with Gasteiger partial charge in [0.05, 0.1) is 0 Å². The minimum atomic E-state index is -0.149. The van der Waals surface area contributed by atoms with Gasteiger partial charge >= 0.3 is 0 Å². The van der Waals surface area contributed by atoms with E-state index in [4.69, 9.17) is 0 Å². The van der Waals surface area contributed by atoms with Crippen molar-refractivity contribution in [3.8, 4) is 0 Å². The molecule has 2 nitrogen and oxygen atoms in total. The molecule has 0 spiro atoms. The number of hydrogen-bond acceptors (Lipinski definition) is 1. The van der Waals surface area contributed by atoms with E-state index in [2.05, 4.69) is 72.6 Å². The summed E-state index contributed by atoms with van der Waals surface area (Å²) in [5, 5.41) is 12.6. The van der Waals surface area contributed by atoms with Crippen molar-refractivity contribution < 1.29 is 4.79 Å². The number of rotatable bonds is 2. The Bertz CT molecular complexity index is 1340. The standard InChI is InChI=1S/C24H17NO/c1-14(2)24(26)25-20-13-12-16-8-4-10-18-17-9-3-6-15-7-5-11-19(21(15)17)23(20)22(16)18/h3-13H,1H2,2H3,(H,25,26). The zero-order valence-corrected chi connectivity index (χ0v) is 14.5. The van der Waals surface area contributed by atoms with Crippen molar-refractivity contribution in [2.45, 2.75) is 6.92 Å². The third kappa shape index (κ3) is 1.96. The van der Waals surface area contributed by atoms with Crippen LogP contribution in [0.3, 0.4) is 0 Å². The number of nitrogens with one attached hydrogen (secondary N) is 1. The summed E-state index contributed by atoms with van der Waals surface area (Å²) in [5.41, 5.74) is 1.33. The van der Waals surface area contributed by atoms with Crippen LogP contribution in [0.1, 0.15) is 6.92 Å². The first-order valence-electron chi connectivity index (χ1n) is 8.70. The quantitative estimate of drug-likeness (QED) is 0.230. The Kier molecular flexibility index (Phi) is 3.04. The number of carbonyl (C=O) groups excluding carboxylic acids is 1. The van der Waals surface area contributed by atoms with Gasteiger partial charge in [0.2, 0.25) is 0 Å². The lowest BCUT2D eigenvalue weighted by atomic mass is 9.89. The first-order valence-corrected chi connectivity index (χ1v) is 8.70. The Morgan fingerprint density at radius 2 is 1.31 bits per heavy atom. The minimum absolute atomic E-state index is 0.149. The number of anilines is 1. The van der Waals surface area contributed by atoms with Crippen LogP contribution in [0.5, 0.6) is 0 Å². The molecule has 5 aromatic rings. The van der Waals surface area contributed by atoms with Gasteiger partial charge in [-0.25, -0.2) is 0 Å². The fraction of sp³-hybridized carbons (Fsp3) is 0.0417. The molecule has 0 unspecified atom stereocenters. The number of fused-ring (bicyclic) bond motifs is 2. The highest BCUT2D eigenvalue weighted by atomic mass is 16.1. The highest BCUT2D eigenvalue weighted by molar-refractivity contribution is 6.35. The van der Waals surface area contributed by atoms with E-state index in [0.717, 1.165) is 11.1 Å². The molecule has 5 aromatic carbocycles. The molecule has 0 atom stereocenters. The molecule has 0 saturated carbocycles. The van der Waals surface area contributed by atoms with Crippen molar-refractivity contribution in [1.29, 1.82) is 0 Å². The molecule has 1 amide bonds. The first kappa shape index (κ1) is 14.9. The summed E-state index contributed by atoms with van der Waals surface area (Å²) in [6.45, 7) is 5.49. The summed E-state index contributed by atoms with van der Waals surface area (Å²) in [7, 11) is 0. The maximum atomic E-state index is 12.3. The zero-order chi connectivity index (χ0) is 17.8. The van der Waals surface area contributed by atoms with Gasteiger partial charge in [-0.05, 0) is 50.7 Å². The second-order valence-electron chi connectivity index (χ2n) is 6.84. The number of benzene rings is 5. The molecule has 0 bridgehead atoms. The lowest BCUT2D eigenvalue weighted by Crippen LogP contribution is -2.12. The van der Waals surface area contributed by atoms with Gasteiger partial charge < -0.3 is 5.32 Å². The molecule has 0 aliphatic carbocycles. The van der Waals surface area contributed by atoms with E-state index < -0.39 is 0 Å². The van der Waals surface area contributed by atoms with E-state index in [1.54, 1.807) is 6.92 Å². The smallest absolute Gasteiger partial charge is 0.250 e. The first-order chi connectivity index (χ1) is 12.6. The summed E-state index contributed by atoms with van der Waals surface area (Å²) >= 11 is 0. The number of carbonyl (C=O) groups is 1. The Balaban J connectivity index is 2.04. The van der Waals surface area contributed by atoms with Gasteiger partial charge in [-0.1, -0.05) is 67.2 Å². The van der Waals surface area contributed by atoms with Gasteiger partial charge in [-0.2, -0.15) is 0 Å². The van der Waals surface area contributed by atoms with Crippen LogP contribution in [-0.4, -0.2) is 5.91 Å². The number of amides is 1. The highest BCUT2D eigenvalue weighted by Gasteiger charge is 2.16. The molecule has 0 heterocycles. The van der Waals surface area contributed by atoms with Crippen molar-refractivity contribution >= 4 is 54.7 Å². The molecule has 1 N–H and O–H groups in total. The third-order valence-electron chi connectivity index (χ3n) is 5.15. The normalized spacial score (nSPS) is 11.6. The molecule has 0 aliphatic rings. The van der Waals surface area contributed by atoms with Gasteiger partial charge in [0.25, 0.3) is 5.91 Å². The summed E-state index contributed by atoms with van der Waals surface area (Å²) in [5.74, 6) is -0.149. The Morgan fingerprint density at radius 1 is 0.731 bits per heavy atom. The van der Waals surface area contributed by atoms with Crippen LogP contribution in [0.2, 0.25) is 0 Å². The summed E-state index contributed by atoms with van der Waals surface area (Å²) in [6, 6.07) is 23.3. The third-order valence-corrected chi connectivity index (χ3v) is 5.15. The number of hydrogen-bond donors (Lipinski definition) is 1. The molecular formula is C24H17NO. The fourth-order valence-corrected chi connectivity index (χ4v) is 3.99. The Morgan fingerprint density at radius 3 is 1.96 bits per heavy atom. The van der Waals surface area contributed by atoms with E-state index in [9.17, 15) is 4.79 Å². The van der Waals surface area contributed by atoms with Crippen molar-refractivity contribution in [1.82, 2.24) is 0 Å².